The van der Waals surface area contributed by atoms with Crippen LogP contribution in [0, 0.1) is 0 Å². The van der Waals surface area contributed by atoms with Crippen molar-refractivity contribution < 1.29 is 28.4 Å². The van der Waals surface area contributed by atoms with Crippen molar-refractivity contribution in [2.24, 2.45) is 5.73 Å². The summed E-state index contributed by atoms with van der Waals surface area (Å²) in [6, 6.07) is -0.929. The van der Waals surface area contributed by atoms with E-state index in [9.17, 15) is 19.4 Å². The fourth-order valence-corrected chi connectivity index (χ4v) is 4.89. The molecule has 0 aliphatic rings. The number of nitrogens with two attached hydrogens (primary N) is 1. The summed E-state index contributed by atoms with van der Waals surface area (Å²) >= 11 is 0. The van der Waals surface area contributed by atoms with Gasteiger partial charge in [0.2, 0.25) is 5.91 Å². The summed E-state index contributed by atoms with van der Waals surface area (Å²) in [7, 11) is -4.37. The molecule has 0 bridgehead atoms. The molecule has 0 fully saturated rings. The Kier molecular flexibility index (Phi) is 33.0. The summed E-state index contributed by atoms with van der Waals surface area (Å²) in [6.45, 7) is 3.80. The van der Waals surface area contributed by atoms with Gasteiger partial charge in [-0.2, -0.15) is 0 Å². The highest BCUT2D eigenvalue weighted by molar-refractivity contribution is 7.47. The van der Waals surface area contributed by atoms with Gasteiger partial charge in [-0.25, -0.2) is 4.57 Å². The van der Waals surface area contributed by atoms with Crippen LogP contribution in [0.1, 0.15) is 104 Å². The zero-order chi connectivity index (χ0) is 36.1. The number of nitrogens with one attached hydrogen (secondary N) is 1. The van der Waals surface area contributed by atoms with E-state index in [4.69, 9.17) is 14.8 Å². The van der Waals surface area contributed by atoms with Crippen LogP contribution in [0.15, 0.2) is 109 Å². The molecular weight excluding hydrogens is 635 g/mol. The van der Waals surface area contributed by atoms with Crippen molar-refractivity contribution in [3.63, 3.8) is 0 Å². The maximum Gasteiger partial charge on any atom is 0.472 e. The number of allylic oxidation sites excluding steroid dienone is 17. The van der Waals surface area contributed by atoms with Gasteiger partial charge < -0.3 is 21.1 Å². The Hall–Kier alpha value is -2.84. The predicted molar refractivity (Wildman–Crippen MR) is 207 cm³/mol. The second kappa shape index (κ2) is 35.0. The Morgan fingerprint density at radius 2 is 1.12 bits per heavy atom. The molecule has 0 rings (SSSR count). The highest BCUT2D eigenvalue weighted by Gasteiger charge is 2.26. The van der Waals surface area contributed by atoms with Crippen LogP contribution in [0.3, 0.4) is 0 Å². The van der Waals surface area contributed by atoms with Gasteiger partial charge in [-0.05, 0) is 77.0 Å². The van der Waals surface area contributed by atoms with Crippen LogP contribution in [0.5, 0.6) is 0 Å². The van der Waals surface area contributed by atoms with Gasteiger partial charge in [-0.3, -0.25) is 13.8 Å². The third-order valence-corrected chi connectivity index (χ3v) is 7.79. The highest BCUT2D eigenvalue weighted by atomic mass is 31.2. The molecule has 0 aliphatic heterocycles. The molecule has 8 nitrogen and oxygen atoms in total. The fraction of sp³-hybridized carbons (Fsp3) is 0.525. The zero-order valence-corrected chi connectivity index (χ0v) is 31.0. The van der Waals surface area contributed by atoms with Gasteiger partial charge in [0.05, 0.1) is 25.4 Å². The highest BCUT2D eigenvalue weighted by Crippen LogP contribution is 2.43. The number of hydrogen-bond donors (Lipinski definition) is 4. The van der Waals surface area contributed by atoms with Gasteiger partial charge in [-0.1, -0.05) is 130 Å². The lowest BCUT2D eigenvalue weighted by molar-refractivity contribution is -0.122. The minimum Gasteiger partial charge on any atom is -0.387 e. The monoisotopic (exact) mass is 700 g/mol. The average Bonchev–Trinajstić information content (AvgIpc) is 3.09. The summed E-state index contributed by atoms with van der Waals surface area (Å²) in [5.74, 6) is -0.299. The number of carbonyl (C=O) groups excluding carboxylic acids is 1. The molecule has 0 aromatic carbocycles. The first-order valence-corrected chi connectivity index (χ1v) is 19.5. The number of phosphoric ester groups is 1. The van der Waals surface area contributed by atoms with Gasteiger partial charge in [0, 0.05) is 13.0 Å². The van der Waals surface area contributed by atoms with E-state index in [1.54, 1.807) is 6.08 Å². The number of carbonyl (C=O) groups is 1. The van der Waals surface area contributed by atoms with Crippen molar-refractivity contribution in [2.75, 3.05) is 19.8 Å². The predicted octanol–water partition coefficient (Wildman–Crippen LogP) is 9.43. The molecule has 0 aromatic heterocycles. The third-order valence-electron chi connectivity index (χ3n) is 6.80. The second-order valence-electron chi connectivity index (χ2n) is 11.3. The van der Waals surface area contributed by atoms with Crippen LogP contribution in [0.2, 0.25) is 0 Å². The topological polar surface area (TPSA) is 131 Å². The molecule has 3 atom stereocenters. The molecule has 0 saturated carbocycles. The largest absolute Gasteiger partial charge is 0.472 e. The van der Waals surface area contributed by atoms with E-state index >= 15 is 0 Å². The third kappa shape index (κ3) is 33.4. The standard InChI is InChI=1S/C40H65N2O6P/c1-3-5-7-9-11-13-15-16-17-18-19-20-21-22-24-26-28-30-32-34-40(44)42-38(37-48-49(45,46)47-36-35-41)39(43)33-31-29-27-25-23-14-12-10-8-6-4-2/h5,7-8,10-11,13,16-17,19-20,22-25,28,30-31,33,38-39,43H,3-4,6,9,12,14-15,18,21,26-27,29,32,34-37,41H2,1-2H3,(H,42,44)(H,45,46)/b7-5-,10-8+,13-11-,17-16-,20-19-,24-22-,25-23+,30-28-,33-31+. The van der Waals surface area contributed by atoms with E-state index in [0.717, 1.165) is 70.6 Å². The summed E-state index contributed by atoms with van der Waals surface area (Å²) in [5.41, 5.74) is 5.33. The lowest BCUT2D eigenvalue weighted by Gasteiger charge is -2.23. The Morgan fingerprint density at radius 3 is 1.61 bits per heavy atom. The lowest BCUT2D eigenvalue weighted by atomic mass is 10.1. The van der Waals surface area contributed by atoms with E-state index < -0.39 is 26.6 Å². The Morgan fingerprint density at radius 1 is 0.673 bits per heavy atom. The maximum absolute atomic E-state index is 12.6. The number of hydrogen-bond acceptors (Lipinski definition) is 6. The van der Waals surface area contributed by atoms with Gasteiger partial charge >= 0.3 is 7.82 Å². The second-order valence-corrected chi connectivity index (χ2v) is 12.8. The van der Waals surface area contributed by atoms with Crippen LogP contribution in [-0.2, 0) is 18.4 Å². The molecule has 3 unspecified atom stereocenters. The quantitative estimate of drug-likeness (QED) is 0.0322. The molecule has 0 aliphatic carbocycles. The summed E-state index contributed by atoms with van der Waals surface area (Å²) in [4.78, 5) is 22.5. The van der Waals surface area contributed by atoms with Crippen LogP contribution < -0.4 is 11.1 Å². The van der Waals surface area contributed by atoms with Gasteiger partial charge in [-0.15, -0.1) is 0 Å². The van der Waals surface area contributed by atoms with Crippen molar-refractivity contribution in [1.29, 1.82) is 0 Å². The average molecular weight is 701 g/mol. The van der Waals surface area contributed by atoms with Crippen molar-refractivity contribution in [3.05, 3.63) is 109 Å². The lowest BCUT2D eigenvalue weighted by Crippen LogP contribution is -2.45. The smallest absolute Gasteiger partial charge is 0.387 e. The maximum atomic E-state index is 12.6. The number of amides is 1. The Bertz CT molecular complexity index is 1120. The van der Waals surface area contributed by atoms with Gasteiger partial charge in [0.15, 0.2) is 0 Å². The molecular formula is C40H65N2O6P. The SMILES string of the molecule is CC/C=C\C/C=C\C/C=C\C/C=C\C/C=C\C/C=C\CCC(=O)NC(COP(=O)(O)OCCN)C(O)/C=C/CC/C=C/CC/C=C/CCC. The number of aliphatic hydroxyl groups excluding tert-OH is 1. The van der Waals surface area contributed by atoms with E-state index in [1.165, 1.54) is 0 Å². The van der Waals surface area contributed by atoms with Crippen molar-refractivity contribution in [1.82, 2.24) is 5.32 Å². The summed E-state index contributed by atoms with van der Waals surface area (Å²) < 4.78 is 21.9. The first-order valence-electron chi connectivity index (χ1n) is 18.0. The van der Waals surface area contributed by atoms with E-state index in [0.29, 0.717) is 12.8 Å². The fourth-order valence-electron chi connectivity index (χ4n) is 4.13. The molecule has 0 heterocycles. The van der Waals surface area contributed by atoms with Crippen LogP contribution in [-0.4, -0.2) is 47.8 Å². The molecule has 0 aromatic rings. The van der Waals surface area contributed by atoms with Crippen molar-refractivity contribution >= 4 is 13.7 Å². The molecule has 49 heavy (non-hydrogen) atoms. The first-order chi connectivity index (χ1) is 23.9. The molecule has 276 valence electrons. The molecule has 0 radical (unpaired) electrons. The molecule has 0 saturated heterocycles. The van der Waals surface area contributed by atoms with E-state index in [1.807, 2.05) is 18.2 Å². The molecule has 1 amide bonds. The van der Waals surface area contributed by atoms with Crippen LogP contribution in [0.25, 0.3) is 0 Å². The van der Waals surface area contributed by atoms with Crippen molar-refractivity contribution in [3.8, 4) is 0 Å². The van der Waals surface area contributed by atoms with Gasteiger partial charge in [0.25, 0.3) is 0 Å². The first kappa shape index (κ1) is 46.2. The number of rotatable bonds is 31. The summed E-state index contributed by atoms with van der Waals surface area (Å²) in [5, 5.41) is 13.5. The molecule has 9 heteroatoms. The number of phosphoric acid groups is 1. The molecule has 5 N–H and O–H groups in total. The minimum absolute atomic E-state index is 0.0536. The Balaban J connectivity index is 4.55. The zero-order valence-electron chi connectivity index (χ0n) is 30.1. The van der Waals surface area contributed by atoms with Crippen molar-refractivity contribution in [2.45, 2.75) is 116 Å². The number of aliphatic hydroxyl groups is 1. The van der Waals surface area contributed by atoms with Crippen LogP contribution in [0.4, 0.5) is 0 Å². The van der Waals surface area contributed by atoms with E-state index in [-0.39, 0.29) is 25.5 Å². The number of unbranched alkanes of at least 4 members (excludes halogenated alkanes) is 3. The Labute approximate surface area is 297 Å². The van der Waals surface area contributed by atoms with E-state index in [2.05, 4.69) is 104 Å². The molecule has 0 spiro atoms. The minimum atomic E-state index is -4.37. The van der Waals surface area contributed by atoms with Gasteiger partial charge in [0.1, 0.15) is 0 Å². The van der Waals surface area contributed by atoms with Crippen LogP contribution >= 0.6 is 7.82 Å². The normalized spacial score (nSPS) is 15.6. The summed E-state index contributed by atoms with van der Waals surface area (Å²) in [6.07, 6.45) is 48.7.